The van der Waals surface area contributed by atoms with Crippen LogP contribution in [-0.2, 0) is 11.4 Å². The number of hydrogen-bond acceptors (Lipinski definition) is 7. The Labute approximate surface area is 206 Å². The molecule has 0 aliphatic rings. The van der Waals surface area contributed by atoms with Gasteiger partial charge in [0.25, 0.3) is 11.6 Å². The number of benzene rings is 3. The second-order valence-electron chi connectivity index (χ2n) is 7.07. The highest BCUT2D eigenvalue weighted by molar-refractivity contribution is 6.32. The minimum atomic E-state index is -0.786. The SMILES string of the molecule is COc1ccc([N+](=O)[O-])cc1NC(=O)/C(C#N)=C/c1cc(Cl)c(OCc2ccccc2)c(OC)c1. The Morgan fingerprint density at radius 2 is 1.83 bits per heavy atom. The Morgan fingerprint density at radius 3 is 2.46 bits per heavy atom. The number of nitro groups is 1. The maximum Gasteiger partial charge on any atom is 0.271 e. The molecule has 0 heterocycles. The third-order valence-corrected chi connectivity index (χ3v) is 5.08. The van der Waals surface area contributed by atoms with Crippen LogP contribution in [0, 0.1) is 21.4 Å². The van der Waals surface area contributed by atoms with Gasteiger partial charge in [-0.15, -0.1) is 0 Å². The fraction of sp³-hybridized carbons (Fsp3) is 0.120. The average Bonchev–Trinajstić information content (AvgIpc) is 2.86. The van der Waals surface area contributed by atoms with Crippen molar-refractivity contribution in [2.24, 2.45) is 0 Å². The van der Waals surface area contributed by atoms with Gasteiger partial charge in [0, 0.05) is 12.1 Å². The molecule has 10 heteroatoms. The zero-order valence-corrected chi connectivity index (χ0v) is 19.5. The van der Waals surface area contributed by atoms with Crippen LogP contribution in [0.3, 0.4) is 0 Å². The molecule has 3 aromatic carbocycles. The van der Waals surface area contributed by atoms with Gasteiger partial charge >= 0.3 is 0 Å². The van der Waals surface area contributed by atoms with Crippen LogP contribution >= 0.6 is 11.6 Å². The van der Waals surface area contributed by atoms with Crippen LogP contribution in [0.2, 0.25) is 5.02 Å². The molecule has 3 aromatic rings. The van der Waals surface area contributed by atoms with E-state index in [4.69, 9.17) is 25.8 Å². The van der Waals surface area contributed by atoms with E-state index in [9.17, 15) is 20.2 Å². The molecule has 35 heavy (non-hydrogen) atoms. The van der Waals surface area contributed by atoms with Crippen molar-refractivity contribution in [3.8, 4) is 23.3 Å². The number of nitriles is 1. The Hall–Kier alpha value is -4.55. The van der Waals surface area contributed by atoms with Crippen molar-refractivity contribution in [2.45, 2.75) is 6.61 Å². The smallest absolute Gasteiger partial charge is 0.271 e. The number of rotatable bonds is 9. The Bertz CT molecular complexity index is 1320. The maximum atomic E-state index is 12.7. The van der Waals surface area contributed by atoms with E-state index >= 15 is 0 Å². The number of hydrogen-bond donors (Lipinski definition) is 1. The number of carbonyl (C=O) groups is 1. The van der Waals surface area contributed by atoms with Crippen LogP contribution < -0.4 is 19.5 Å². The fourth-order valence-electron chi connectivity index (χ4n) is 3.11. The normalized spacial score (nSPS) is 10.7. The largest absolute Gasteiger partial charge is 0.495 e. The molecule has 0 aliphatic carbocycles. The van der Waals surface area contributed by atoms with Gasteiger partial charge in [-0.05, 0) is 35.4 Å². The van der Waals surface area contributed by atoms with Crippen LogP contribution in [-0.4, -0.2) is 25.1 Å². The molecule has 0 unspecified atom stereocenters. The summed E-state index contributed by atoms with van der Waals surface area (Å²) in [6.45, 7) is 0.267. The molecule has 0 aliphatic heterocycles. The number of nitrogens with one attached hydrogen (secondary N) is 1. The van der Waals surface area contributed by atoms with Gasteiger partial charge in [0.1, 0.15) is 24.0 Å². The van der Waals surface area contributed by atoms with Gasteiger partial charge < -0.3 is 19.5 Å². The first kappa shape index (κ1) is 25.1. The van der Waals surface area contributed by atoms with E-state index < -0.39 is 10.8 Å². The van der Waals surface area contributed by atoms with E-state index in [0.29, 0.717) is 17.1 Å². The number of ether oxygens (including phenoxy) is 3. The van der Waals surface area contributed by atoms with Crippen LogP contribution in [0.5, 0.6) is 17.2 Å². The topological polar surface area (TPSA) is 124 Å². The van der Waals surface area contributed by atoms with Crippen molar-refractivity contribution in [1.82, 2.24) is 0 Å². The van der Waals surface area contributed by atoms with Gasteiger partial charge in [-0.1, -0.05) is 41.9 Å². The van der Waals surface area contributed by atoms with Gasteiger partial charge in [0.05, 0.1) is 29.9 Å². The van der Waals surface area contributed by atoms with Crippen molar-refractivity contribution >= 4 is 35.0 Å². The minimum absolute atomic E-state index is 0.0492. The average molecular weight is 494 g/mol. The molecule has 178 valence electrons. The molecule has 1 N–H and O–H groups in total. The molecule has 0 aromatic heterocycles. The lowest BCUT2D eigenvalue weighted by Gasteiger charge is -2.14. The molecule has 1 amide bonds. The van der Waals surface area contributed by atoms with Crippen molar-refractivity contribution in [1.29, 1.82) is 5.26 Å². The second kappa shape index (κ2) is 11.5. The van der Waals surface area contributed by atoms with Gasteiger partial charge in [-0.3, -0.25) is 14.9 Å². The Morgan fingerprint density at radius 1 is 1.11 bits per heavy atom. The second-order valence-corrected chi connectivity index (χ2v) is 7.48. The molecule has 0 atom stereocenters. The zero-order valence-electron chi connectivity index (χ0n) is 18.8. The number of nitro benzene ring substituents is 1. The quantitative estimate of drug-likeness (QED) is 0.183. The number of halogens is 1. The predicted molar refractivity (Wildman–Crippen MR) is 131 cm³/mol. The minimum Gasteiger partial charge on any atom is -0.495 e. The highest BCUT2D eigenvalue weighted by atomic mass is 35.5. The number of methoxy groups -OCH3 is 2. The molecule has 0 radical (unpaired) electrons. The predicted octanol–water partition coefficient (Wildman–Crippen LogP) is 5.39. The molecule has 0 fully saturated rings. The molecular formula is C25H20ClN3O6. The summed E-state index contributed by atoms with van der Waals surface area (Å²) in [5, 5.41) is 23.3. The summed E-state index contributed by atoms with van der Waals surface area (Å²) in [5.41, 5.74) is 0.889. The third kappa shape index (κ3) is 6.28. The van der Waals surface area contributed by atoms with E-state index in [1.165, 1.54) is 38.5 Å². The van der Waals surface area contributed by atoms with Crippen molar-refractivity contribution in [3.05, 3.63) is 92.5 Å². The standard InChI is InChI=1S/C25H20ClN3O6/c1-33-22-9-8-19(29(31)32)13-21(22)28-25(30)18(14-27)10-17-11-20(26)24(23(12-17)34-2)35-15-16-6-4-3-5-7-16/h3-13H,15H2,1-2H3,(H,28,30)/b18-10+. The lowest BCUT2D eigenvalue weighted by Crippen LogP contribution is -2.14. The molecular weight excluding hydrogens is 474 g/mol. The summed E-state index contributed by atoms with van der Waals surface area (Å²) < 4.78 is 16.4. The summed E-state index contributed by atoms with van der Waals surface area (Å²) in [6, 6.07) is 18.2. The lowest BCUT2D eigenvalue weighted by atomic mass is 10.1. The maximum absolute atomic E-state index is 12.7. The first-order valence-electron chi connectivity index (χ1n) is 10.2. The Kier molecular flexibility index (Phi) is 8.27. The molecule has 0 bridgehead atoms. The summed E-state index contributed by atoms with van der Waals surface area (Å²) in [5.74, 6) is 0.0499. The van der Waals surface area contributed by atoms with E-state index in [2.05, 4.69) is 5.32 Å². The number of nitrogens with zero attached hydrogens (tertiary/aromatic N) is 2. The van der Waals surface area contributed by atoms with Gasteiger partial charge in [0.15, 0.2) is 11.5 Å². The van der Waals surface area contributed by atoms with Crippen LogP contribution in [0.15, 0.2) is 66.2 Å². The molecule has 0 spiro atoms. The number of non-ortho nitro benzene ring substituents is 1. The molecule has 0 saturated heterocycles. The van der Waals surface area contributed by atoms with E-state index in [1.54, 1.807) is 6.07 Å². The molecule has 3 rings (SSSR count). The number of carbonyl (C=O) groups excluding carboxylic acids is 1. The van der Waals surface area contributed by atoms with Crippen molar-refractivity contribution in [3.63, 3.8) is 0 Å². The zero-order chi connectivity index (χ0) is 25.4. The van der Waals surface area contributed by atoms with Gasteiger partial charge in [-0.25, -0.2) is 0 Å². The van der Waals surface area contributed by atoms with E-state index in [0.717, 1.165) is 11.6 Å². The number of amides is 1. The monoisotopic (exact) mass is 493 g/mol. The van der Waals surface area contributed by atoms with Crippen LogP contribution in [0.4, 0.5) is 11.4 Å². The fourth-order valence-corrected chi connectivity index (χ4v) is 3.38. The Balaban J connectivity index is 1.86. The lowest BCUT2D eigenvalue weighted by molar-refractivity contribution is -0.384. The van der Waals surface area contributed by atoms with Crippen LogP contribution in [0.1, 0.15) is 11.1 Å². The van der Waals surface area contributed by atoms with Gasteiger partial charge in [0.2, 0.25) is 0 Å². The van der Waals surface area contributed by atoms with Crippen molar-refractivity contribution < 1.29 is 23.9 Å². The first-order valence-corrected chi connectivity index (χ1v) is 10.5. The van der Waals surface area contributed by atoms with E-state index in [-0.39, 0.29) is 34.3 Å². The summed E-state index contributed by atoms with van der Waals surface area (Å²) in [4.78, 5) is 23.2. The van der Waals surface area contributed by atoms with Crippen molar-refractivity contribution in [2.75, 3.05) is 19.5 Å². The number of anilines is 1. The summed E-state index contributed by atoms with van der Waals surface area (Å²) in [7, 11) is 2.80. The summed E-state index contributed by atoms with van der Waals surface area (Å²) in [6.07, 6.45) is 1.31. The van der Waals surface area contributed by atoms with Gasteiger partial charge in [-0.2, -0.15) is 5.26 Å². The highest BCUT2D eigenvalue weighted by Gasteiger charge is 2.18. The first-order chi connectivity index (χ1) is 16.9. The van der Waals surface area contributed by atoms with E-state index in [1.807, 2.05) is 36.4 Å². The highest BCUT2D eigenvalue weighted by Crippen LogP contribution is 2.37. The summed E-state index contributed by atoms with van der Waals surface area (Å²) >= 11 is 6.40. The van der Waals surface area contributed by atoms with Crippen LogP contribution in [0.25, 0.3) is 6.08 Å². The molecule has 9 nitrogen and oxygen atoms in total. The third-order valence-electron chi connectivity index (χ3n) is 4.80. The molecule has 0 saturated carbocycles.